The molecule has 8 atom stereocenters. The van der Waals surface area contributed by atoms with Crippen LogP contribution in [0, 0.1) is 11.8 Å². The summed E-state index contributed by atoms with van der Waals surface area (Å²) in [7, 11) is 0. The lowest BCUT2D eigenvalue weighted by atomic mass is 9.99. The quantitative estimate of drug-likeness (QED) is 0.0304. The fraction of sp³-hybridized carbons (Fsp3) is 0.365. The Morgan fingerprint density at radius 3 is 1.85 bits per heavy atom. The minimum Gasteiger partial charge on any atom is -0.370 e. The van der Waals surface area contributed by atoms with E-state index in [0.717, 1.165) is 21.4 Å². The van der Waals surface area contributed by atoms with E-state index < -0.39 is 114 Å². The lowest BCUT2D eigenvalue weighted by molar-refractivity contribution is -0.134. The van der Waals surface area contributed by atoms with Gasteiger partial charge in [-0.3, -0.25) is 52.8 Å². The van der Waals surface area contributed by atoms with Crippen molar-refractivity contribution in [1.82, 2.24) is 52.2 Å². The lowest BCUT2D eigenvalue weighted by Crippen LogP contribution is -2.59. The van der Waals surface area contributed by atoms with Crippen molar-refractivity contribution in [2.75, 3.05) is 11.4 Å². The number of aliphatic imine (C=N–C) groups is 1. The highest BCUT2D eigenvalue weighted by Crippen LogP contribution is 2.29. The van der Waals surface area contributed by atoms with Gasteiger partial charge in [-0.25, -0.2) is 9.98 Å². The number of anilines is 1. The Labute approximate surface area is 509 Å². The number of benzene rings is 4. The number of carbonyl (C=O) groups is 10. The minimum absolute atomic E-state index is 0.000320. The molecule has 2 aromatic heterocycles. The molecule has 6 aromatic rings. The third-order valence-corrected chi connectivity index (χ3v) is 14.6. The second kappa shape index (κ2) is 30.9. The van der Waals surface area contributed by atoms with Gasteiger partial charge in [-0.1, -0.05) is 125 Å². The predicted molar refractivity (Wildman–Crippen MR) is 329 cm³/mol. The maximum absolute atomic E-state index is 15.1. The van der Waals surface area contributed by atoms with E-state index in [-0.39, 0.29) is 68.2 Å². The van der Waals surface area contributed by atoms with Crippen LogP contribution in [-0.2, 0) is 67.2 Å². The average Bonchev–Trinajstić information content (AvgIpc) is 2.07. The van der Waals surface area contributed by atoms with Gasteiger partial charge in [-0.2, -0.15) is 0 Å². The summed E-state index contributed by atoms with van der Waals surface area (Å²) >= 11 is 0. The minimum atomic E-state index is -1.74. The van der Waals surface area contributed by atoms with Gasteiger partial charge in [0, 0.05) is 59.4 Å². The van der Waals surface area contributed by atoms with Crippen LogP contribution in [0.25, 0.3) is 10.9 Å². The molecule has 7 rings (SSSR count). The molecular weight excluding hydrogens is 1130 g/mol. The number of hydrogen-bond acceptors (Lipinski definition) is 13. The number of nitrogens with zero attached hydrogens (tertiary/aromatic N) is 3. The Morgan fingerprint density at radius 2 is 1.18 bits per heavy atom. The van der Waals surface area contributed by atoms with E-state index in [1.54, 1.807) is 91.1 Å². The first kappa shape index (κ1) is 65.5. The van der Waals surface area contributed by atoms with Gasteiger partial charge in [0.2, 0.25) is 59.3 Å². The molecule has 25 heteroatoms. The molecule has 7 unspecified atom stereocenters. The normalized spacial score (nSPS) is 15.4. The molecule has 1 aliphatic rings. The largest absolute Gasteiger partial charge is 0.370 e. The molecule has 0 fully saturated rings. The molecule has 88 heavy (non-hydrogen) atoms. The highest BCUT2D eigenvalue weighted by molar-refractivity contribution is 6.21. The maximum Gasteiger partial charge on any atom is 0.272 e. The van der Waals surface area contributed by atoms with Crippen molar-refractivity contribution in [3.63, 3.8) is 0 Å². The second-order valence-electron chi connectivity index (χ2n) is 22.6. The van der Waals surface area contributed by atoms with E-state index in [9.17, 15) is 43.2 Å². The summed E-state index contributed by atoms with van der Waals surface area (Å²) in [6.45, 7) is 8.06. The summed E-state index contributed by atoms with van der Waals surface area (Å²) in [5.41, 5.74) is 21.4. The number of primary amides is 2. The summed E-state index contributed by atoms with van der Waals surface area (Å²) in [5.74, 6) is -8.03. The topological polar surface area (TPSA) is 393 Å². The van der Waals surface area contributed by atoms with Gasteiger partial charge in [0.25, 0.3) is 5.91 Å². The standard InChI is InChI=1S/C63H77N15O10/c1-35(2)26-47(55(66)81)73-61(86)48(27-36(3)4)74-62(87)50(30-41-32-67-34-69-41)71-53(80)33-78-51-23-15-13-21-43(51)54(39-18-10-7-11-19-39)76-56(63(78)88)77-57(82)37(5)70-60(85)49(29-40-31-68-45-22-14-12-20-42(40)45)75-59(84)46(24-25-52(65)79)72-58(83)44(64)28-38-16-8-6-9-17-38/h6-23,31-32,34-37,44,46-50,56,68H,24-30,33,64H2,1-5H3,(H2,65,79)(H2,66,81)(H,67,69)(H,70,85)(H,71,80)(H,72,83)(H,73,86)(H,74,87)(H,75,84)(H,77,82)/t37?,44-,46?,47?,48?,49?,50?,56?/m1/s1. The molecule has 0 saturated carbocycles. The summed E-state index contributed by atoms with van der Waals surface area (Å²) < 4.78 is 0. The zero-order valence-electron chi connectivity index (χ0n) is 49.7. The van der Waals surface area contributed by atoms with E-state index in [1.807, 2.05) is 52.0 Å². The van der Waals surface area contributed by atoms with Gasteiger partial charge in [0.05, 0.1) is 23.8 Å². The van der Waals surface area contributed by atoms with Gasteiger partial charge in [0.15, 0.2) is 0 Å². The number of nitrogens with two attached hydrogens (primary N) is 3. The first-order chi connectivity index (χ1) is 42.0. The Morgan fingerprint density at radius 1 is 0.602 bits per heavy atom. The number of amides is 10. The fourth-order valence-electron chi connectivity index (χ4n) is 10.1. The molecule has 0 saturated heterocycles. The number of carbonyl (C=O) groups excluding carboxylic acids is 10. The van der Waals surface area contributed by atoms with Gasteiger partial charge in [-0.15, -0.1) is 0 Å². The molecule has 10 amide bonds. The van der Waals surface area contributed by atoms with Crippen LogP contribution < -0.4 is 59.3 Å². The summed E-state index contributed by atoms with van der Waals surface area (Å²) in [5, 5.41) is 19.6. The summed E-state index contributed by atoms with van der Waals surface area (Å²) in [6.07, 6.45) is 2.50. The van der Waals surface area contributed by atoms with Crippen molar-refractivity contribution >= 4 is 81.4 Å². The molecule has 4 aromatic carbocycles. The van der Waals surface area contributed by atoms with Gasteiger partial charge in [0.1, 0.15) is 42.8 Å². The molecule has 464 valence electrons. The number of aromatic amines is 2. The van der Waals surface area contributed by atoms with Crippen molar-refractivity contribution in [2.24, 2.45) is 34.0 Å². The van der Waals surface area contributed by atoms with Crippen molar-refractivity contribution in [2.45, 2.75) is 128 Å². The van der Waals surface area contributed by atoms with Crippen molar-refractivity contribution < 1.29 is 47.9 Å². The number of benzodiazepines with no additional fused rings is 1. The number of H-pyrrole nitrogens is 2. The molecule has 1 aliphatic heterocycles. The smallest absolute Gasteiger partial charge is 0.272 e. The Hall–Kier alpha value is -10.0. The second-order valence-corrected chi connectivity index (χ2v) is 22.6. The lowest BCUT2D eigenvalue weighted by Gasteiger charge is -2.28. The molecule has 0 spiro atoms. The monoisotopic (exact) mass is 1200 g/mol. The van der Waals surface area contributed by atoms with Crippen molar-refractivity contribution in [3.05, 3.63) is 156 Å². The molecule has 0 aliphatic carbocycles. The molecular formula is C63H77N15O10. The van der Waals surface area contributed by atoms with Crippen molar-refractivity contribution in [1.29, 1.82) is 0 Å². The van der Waals surface area contributed by atoms with Gasteiger partial charge in [-0.05, 0) is 67.7 Å². The number of para-hydroxylation sites is 2. The molecule has 15 N–H and O–H groups in total. The maximum atomic E-state index is 15.1. The molecule has 0 bridgehead atoms. The van der Waals surface area contributed by atoms with Gasteiger partial charge >= 0.3 is 0 Å². The Balaban J connectivity index is 1.14. The third-order valence-electron chi connectivity index (χ3n) is 14.6. The van der Waals surface area contributed by atoms with Crippen molar-refractivity contribution in [3.8, 4) is 0 Å². The Bertz CT molecular complexity index is 3480. The number of imidazole rings is 1. The average molecular weight is 1200 g/mol. The van der Waals surface area contributed by atoms with Crippen LogP contribution in [0.1, 0.15) is 88.2 Å². The van der Waals surface area contributed by atoms with Crippen LogP contribution in [0.2, 0.25) is 0 Å². The van der Waals surface area contributed by atoms with Crippen LogP contribution in [0.3, 0.4) is 0 Å². The molecule has 3 heterocycles. The van der Waals surface area contributed by atoms with Gasteiger partial charge < -0.3 is 64.4 Å². The fourth-order valence-corrected chi connectivity index (χ4v) is 10.1. The van der Waals surface area contributed by atoms with E-state index in [1.165, 1.54) is 19.4 Å². The zero-order valence-corrected chi connectivity index (χ0v) is 49.7. The van der Waals surface area contributed by atoms with Crippen LogP contribution >= 0.6 is 0 Å². The van der Waals surface area contributed by atoms with E-state index in [2.05, 4.69) is 52.2 Å². The van der Waals surface area contributed by atoms with E-state index >= 15 is 4.79 Å². The Kier molecular flexibility index (Phi) is 23.0. The summed E-state index contributed by atoms with van der Waals surface area (Å²) in [4.78, 5) is 155. The highest BCUT2D eigenvalue weighted by Gasteiger charge is 2.38. The molecule has 0 radical (unpaired) electrons. The van der Waals surface area contributed by atoms with Crippen LogP contribution in [0.15, 0.2) is 133 Å². The third kappa shape index (κ3) is 18.2. The first-order valence-corrected chi connectivity index (χ1v) is 29.1. The van der Waals surface area contributed by atoms with E-state index in [4.69, 9.17) is 22.2 Å². The first-order valence-electron chi connectivity index (χ1n) is 29.1. The SMILES string of the molecule is CC(C)CC(NC(=O)C(CC(C)C)NC(=O)C(Cc1cnc[nH]1)NC(=O)CN1C(=O)C(NC(=O)C(C)NC(=O)C(Cc2c[nH]c3ccccc23)NC(=O)C(CCC(N)=O)NC(=O)[C@H](N)Cc2ccccc2)N=C(c2ccccc2)c2ccccc21)C(N)=O. The van der Waals surface area contributed by atoms with Crippen LogP contribution in [-0.4, -0.2) is 135 Å². The number of nitrogens with one attached hydrogen (secondary N) is 9. The zero-order chi connectivity index (χ0) is 63.6. The predicted octanol–water partition coefficient (Wildman–Crippen LogP) is 1.34. The van der Waals surface area contributed by atoms with Crippen LogP contribution in [0.4, 0.5) is 5.69 Å². The van der Waals surface area contributed by atoms with Crippen LogP contribution in [0.5, 0.6) is 0 Å². The van der Waals surface area contributed by atoms with E-state index in [0.29, 0.717) is 22.4 Å². The molecule has 25 nitrogen and oxygen atoms in total. The summed E-state index contributed by atoms with van der Waals surface area (Å²) in [6, 6.07) is 22.8. The number of hydrogen-bond donors (Lipinski definition) is 12. The highest BCUT2D eigenvalue weighted by atomic mass is 16.2. The number of fused-ring (bicyclic) bond motifs is 2. The number of aromatic nitrogens is 3. The number of rotatable bonds is 30.